The van der Waals surface area contributed by atoms with E-state index in [-0.39, 0.29) is 17.4 Å². The molecule has 1 saturated heterocycles. The summed E-state index contributed by atoms with van der Waals surface area (Å²) in [5.41, 5.74) is 1.71. The van der Waals surface area contributed by atoms with E-state index in [1.807, 2.05) is 50.3 Å². The van der Waals surface area contributed by atoms with Crippen LogP contribution in [0.2, 0.25) is 0 Å². The van der Waals surface area contributed by atoms with Crippen LogP contribution in [-0.4, -0.2) is 47.8 Å². The van der Waals surface area contributed by atoms with Crippen LogP contribution in [-0.2, 0) is 24.9 Å². The van der Waals surface area contributed by atoms with E-state index in [9.17, 15) is 9.59 Å². The van der Waals surface area contributed by atoms with Gasteiger partial charge >= 0.3 is 0 Å². The van der Waals surface area contributed by atoms with Gasteiger partial charge in [0, 0.05) is 76.0 Å². The van der Waals surface area contributed by atoms with Crippen molar-refractivity contribution in [2.24, 2.45) is 13.0 Å². The first kappa shape index (κ1) is 18.8. The summed E-state index contributed by atoms with van der Waals surface area (Å²) in [6.07, 6.45) is 9.60. The minimum Gasteiger partial charge on any atom is -0.342 e. The summed E-state index contributed by atoms with van der Waals surface area (Å²) in [5, 5.41) is 4.19. The number of carbonyl (C=O) groups excluding carboxylic acids is 1. The van der Waals surface area contributed by atoms with Gasteiger partial charge in [-0.15, -0.1) is 0 Å². The summed E-state index contributed by atoms with van der Waals surface area (Å²) < 4.78 is 5.65. The molecule has 3 aromatic heterocycles. The molecule has 5 heterocycles. The second-order valence-electron chi connectivity index (χ2n) is 8.42. The van der Waals surface area contributed by atoms with Crippen LogP contribution < -0.4 is 5.56 Å². The maximum Gasteiger partial charge on any atom is 0.261 e. The third-order valence-electron chi connectivity index (χ3n) is 6.36. The maximum atomic E-state index is 13.2. The molecule has 2 aliphatic heterocycles. The number of likely N-dealkylation sites (tertiary alicyclic amines) is 1. The Labute approximate surface area is 174 Å². The highest BCUT2D eigenvalue weighted by atomic mass is 16.2. The van der Waals surface area contributed by atoms with Crippen molar-refractivity contribution < 1.29 is 4.79 Å². The van der Waals surface area contributed by atoms with Gasteiger partial charge in [0.15, 0.2) is 0 Å². The Balaban J connectivity index is 1.31. The first-order chi connectivity index (χ1) is 14.6. The highest BCUT2D eigenvalue weighted by Gasteiger charge is 2.36. The Morgan fingerprint density at radius 1 is 1.17 bits per heavy atom. The van der Waals surface area contributed by atoms with Crippen LogP contribution in [0.25, 0.3) is 11.4 Å². The van der Waals surface area contributed by atoms with Gasteiger partial charge in [0.2, 0.25) is 5.91 Å². The number of piperidine rings is 1. The molecule has 156 valence electrons. The van der Waals surface area contributed by atoms with Crippen molar-refractivity contribution in [3.8, 4) is 11.4 Å². The van der Waals surface area contributed by atoms with Crippen molar-refractivity contribution in [2.75, 3.05) is 13.1 Å². The molecule has 0 spiro atoms. The van der Waals surface area contributed by atoms with Gasteiger partial charge < -0.3 is 14.0 Å². The van der Waals surface area contributed by atoms with Crippen molar-refractivity contribution in [3.05, 3.63) is 59.0 Å². The number of aryl methyl sites for hydroxylation is 2. The molecule has 30 heavy (non-hydrogen) atoms. The summed E-state index contributed by atoms with van der Waals surface area (Å²) in [6.45, 7) is 2.85. The average Bonchev–Trinajstić information content (AvgIpc) is 3.40. The van der Waals surface area contributed by atoms with Crippen LogP contribution in [0.3, 0.4) is 0 Å². The Hall–Kier alpha value is -3.16. The molecule has 1 fully saturated rings. The number of rotatable bonds is 5. The number of pyridine rings is 1. The zero-order valence-corrected chi connectivity index (χ0v) is 17.1. The maximum absolute atomic E-state index is 13.2. The van der Waals surface area contributed by atoms with Crippen LogP contribution in [0.4, 0.5) is 0 Å². The molecule has 0 aliphatic carbocycles. The molecule has 2 bridgehead atoms. The molecule has 0 saturated carbocycles. The van der Waals surface area contributed by atoms with E-state index < -0.39 is 0 Å². The topological polar surface area (TPSA) is 78.0 Å². The Kier molecular flexibility index (Phi) is 4.77. The molecule has 0 N–H and O–H groups in total. The molecule has 0 radical (unpaired) electrons. The van der Waals surface area contributed by atoms with Gasteiger partial charge in [-0.2, -0.15) is 5.10 Å². The average molecular weight is 406 g/mol. The lowest BCUT2D eigenvalue weighted by atomic mass is 9.82. The fourth-order valence-electron chi connectivity index (χ4n) is 4.93. The van der Waals surface area contributed by atoms with Gasteiger partial charge in [-0.05, 0) is 37.0 Å². The van der Waals surface area contributed by atoms with Crippen molar-refractivity contribution in [3.63, 3.8) is 0 Å². The number of imidazole rings is 1. The van der Waals surface area contributed by atoms with Gasteiger partial charge in [-0.25, -0.2) is 4.98 Å². The summed E-state index contributed by atoms with van der Waals surface area (Å²) >= 11 is 0. The molecule has 5 rings (SSSR count). The number of carbonyl (C=O) groups is 1. The van der Waals surface area contributed by atoms with E-state index in [0.29, 0.717) is 36.8 Å². The van der Waals surface area contributed by atoms with Crippen molar-refractivity contribution in [2.45, 2.75) is 38.3 Å². The number of hydrogen-bond donors (Lipinski definition) is 0. The number of nitrogens with zero attached hydrogens (tertiary/aromatic N) is 6. The monoisotopic (exact) mass is 406 g/mol. The number of amides is 1. The van der Waals surface area contributed by atoms with Crippen LogP contribution in [0.1, 0.15) is 30.9 Å². The van der Waals surface area contributed by atoms with Crippen molar-refractivity contribution >= 4 is 5.91 Å². The molecule has 8 heteroatoms. The third-order valence-corrected chi connectivity index (χ3v) is 6.36. The lowest BCUT2D eigenvalue weighted by molar-refractivity contribution is -0.134. The normalized spacial score (nSPS) is 20.2. The zero-order valence-electron chi connectivity index (χ0n) is 17.1. The first-order valence-electron chi connectivity index (χ1n) is 10.6. The smallest absolute Gasteiger partial charge is 0.261 e. The number of fused-ring (bicyclic) bond motifs is 4. The highest BCUT2D eigenvalue weighted by Crippen LogP contribution is 2.36. The van der Waals surface area contributed by atoms with E-state index >= 15 is 0 Å². The van der Waals surface area contributed by atoms with E-state index in [1.54, 1.807) is 12.4 Å². The predicted octanol–water partition coefficient (Wildman–Crippen LogP) is 1.87. The number of hydrogen-bond acceptors (Lipinski definition) is 4. The molecule has 2 atom stereocenters. The van der Waals surface area contributed by atoms with Gasteiger partial charge in [0.05, 0.1) is 5.56 Å². The highest BCUT2D eigenvalue weighted by molar-refractivity contribution is 5.76. The van der Waals surface area contributed by atoms with Gasteiger partial charge in [0.1, 0.15) is 5.82 Å². The van der Waals surface area contributed by atoms with Crippen LogP contribution in [0.5, 0.6) is 0 Å². The molecule has 1 amide bonds. The SMILES string of the molecule is Cn1ccnc1-c1ccc2n(c1=O)C[C@H]1C[C@@H]2CN(C(=O)CCCn2cccn2)C1. The lowest BCUT2D eigenvalue weighted by Gasteiger charge is -2.43. The standard InChI is InChI=1S/C22H26N6O2/c1-25-11-8-23-21(25)18-5-6-19-17-12-16(14-28(19)22(18)30)13-26(15-17)20(29)4-2-9-27-10-3-7-24-27/h3,5-8,10-11,16-17H,2,4,9,12-15H2,1H3/t16-,17+/m0/s1. The Bertz CT molecular complexity index is 1110. The van der Waals surface area contributed by atoms with Gasteiger partial charge in [-0.1, -0.05) is 0 Å². The third kappa shape index (κ3) is 3.36. The number of aromatic nitrogens is 5. The zero-order chi connectivity index (χ0) is 20.7. The first-order valence-corrected chi connectivity index (χ1v) is 10.6. The van der Waals surface area contributed by atoms with Gasteiger partial charge in [-0.3, -0.25) is 14.3 Å². The summed E-state index contributed by atoms with van der Waals surface area (Å²) in [6, 6.07) is 5.84. The van der Waals surface area contributed by atoms with E-state index in [2.05, 4.69) is 16.1 Å². The van der Waals surface area contributed by atoms with Crippen LogP contribution in [0.15, 0.2) is 47.8 Å². The largest absolute Gasteiger partial charge is 0.342 e. The summed E-state index contributed by atoms with van der Waals surface area (Å²) in [7, 11) is 1.90. The second kappa shape index (κ2) is 7.59. The summed E-state index contributed by atoms with van der Waals surface area (Å²) in [4.78, 5) is 32.3. The van der Waals surface area contributed by atoms with Crippen molar-refractivity contribution in [1.82, 2.24) is 28.8 Å². The Morgan fingerprint density at radius 2 is 2.07 bits per heavy atom. The second-order valence-corrected chi connectivity index (χ2v) is 8.42. The summed E-state index contributed by atoms with van der Waals surface area (Å²) in [5.74, 6) is 1.44. The van der Waals surface area contributed by atoms with E-state index in [0.717, 1.165) is 31.6 Å². The fourth-order valence-corrected chi connectivity index (χ4v) is 4.93. The van der Waals surface area contributed by atoms with E-state index in [4.69, 9.17) is 0 Å². The van der Waals surface area contributed by atoms with Crippen LogP contribution >= 0.6 is 0 Å². The quantitative estimate of drug-likeness (QED) is 0.648. The lowest BCUT2D eigenvalue weighted by Crippen LogP contribution is -2.49. The molecule has 0 unspecified atom stereocenters. The molecular weight excluding hydrogens is 380 g/mol. The minimum absolute atomic E-state index is 0.0236. The fraction of sp³-hybridized carbons (Fsp3) is 0.455. The van der Waals surface area contributed by atoms with Crippen LogP contribution in [0, 0.1) is 5.92 Å². The molecule has 8 nitrogen and oxygen atoms in total. The predicted molar refractivity (Wildman–Crippen MR) is 112 cm³/mol. The molecule has 3 aromatic rings. The molecule has 0 aromatic carbocycles. The molecule has 2 aliphatic rings. The minimum atomic E-state index is 0.0236. The van der Waals surface area contributed by atoms with Crippen molar-refractivity contribution in [1.29, 1.82) is 0 Å². The van der Waals surface area contributed by atoms with Gasteiger partial charge in [0.25, 0.3) is 5.56 Å². The molecular formula is C22H26N6O2. The Morgan fingerprint density at radius 3 is 2.83 bits per heavy atom. The van der Waals surface area contributed by atoms with E-state index in [1.165, 1.54) is 0 Å².